The fourth-order valence-electron chi connectivity index (χ4n) is 2.18. The molecule has 0 aromatic carbocycles. The summed E-state index contributed by atoms with van der Waals surface area (Å²) in [6, 6.07) is 0. The smallest absolute Gasteiger partial charge is 0.306 e. The van der Waals surface area contributed by atoms with Crippen molar-refractivity contribution in [2.75, 3.05) is 13.2 Å². The van der Waals surface area contributed by atoms with Crippen molar-refractivity contribution in [3.8, 4) is 0 Å². The highest BCUT2D eigenvalue weighted by atomic mass is 17.1. The van der Waals surface area contributed by atoms with Crippen molar-refractivity contribution in [2.45, 2.75) is 37.3 Å². The molecule has 2 saturated heterocycles. The van der Waals surface area contributed by atoms with E-state index in [1.165, 1.54) is 0 Å². The Bertz CT molecular complexity index is 374. The monoisotopic (exact) mass is 293 g/mol. The van der Waals surface area contributed by atoms with Crippen LogP contribution in [0.15, 0.2) is 0 Å². The van der Waals surface area contributed by atoms with Crippen LogP contribution in [0.4, 0.5) is 0 Å². The van der Waals surface area contributed by atoms with Gasteiger partial charge in [-0.3, -0.25) is 20.0 Å². The molecule has 2 rings (SSSR count). The fraction of sp³-hybridized carbons (Fsp3) is 0.800. The maximum Gasteiger partial charge on any atom is 0.306 e. The molecule has 2 heterocycles. The van der Waals surface area contributed by atoms with Crippen LogP contribution in [0.5, 0.6) is 0 Å². The van der Waals surface area contributed by atoms with E-state index in [2.05, 4.69) is 4.84 Å². The van der Waals surface area contributed by atoms with Gasteiger partial charge in [0.25, 0.3) is 0 Å². The van der Waals surface area contributed by atoms with E-state index in [-0.39, 0.29) is 26.1 Å². The number of carbonyl (C=O) groups is 2. The molecule has 0 saturated carbocycles. The summed E-state index contributed by atoms with van der Waals surface area (Å²) in [7, 11) is 0. The molecular formula is C10H15NO9. The molecule has 2 aliphatic rings. The van der Waals surface area contributed by atoms with Crippen molar-refractivity contribution < 1.29 is 44.2 Å². The third kappa shape index (κ3) is 3.62. The third-order valence-electron chi connectivity index (χ3n) is 3.02. The second-order valence-electron chi connectivity index (χ2n) is 4.41. The number of esters is 1. The van der Waals surface area contributed by atoms with Crippen LogP contribution in [0.25, 0.3) is 0 Å². The second kappa shape index (κ2) is 6.43. The Morgan fingerprint density at radius 3 is 2.30 bits per heavy atom. The fourth-order valence-corrected chi connectivity index (χ4v) is 2.18. The Morgan fingerprint density at radius 1 is 1.10 bits per heavy atom. The highest BCUT2D eigenvalue weighted by Crippen LogP contribution is 2.30. The zero-order valence-electron chi connectivity index (χ0n) is 10.4. The number of rotatable bonds is 6. The van der Waals surface area contributed by atoms with Crippen molar-refractivity contribution in [1.29, 1.82) is 0 Å². The van der Waals surface area contributed by atoms with Gasteiger partial charge < -0.3 is 19.3 Å². The summed E-state index contributed by atoms with van der Waals surface area (Å²) in [5, 5.41) is 25.2. The minimum absolute atomic E-state index is 0.0517. The minimum Gasteiger partial charge on any atom is -0.481 e. The van der Waals surface area contributed by atoms with E-state index < -0.39 is 41.7 Å². The summed E-state index contributed by atoms with van der Waals surface area (Å²) in [4.78, 5) is 26.4. The van der Waals surface area contributed by atoms with E-state index >= 15 is 0 Å². The van der Waals surface area contributed by atoms with Crippen LogP contribution in [-0.2, 0) is 28.6 Å². The Hall–Kier alpha value is -1.30. The third-order valence-corrected chi connectivity index (χ3v) is 3.02. The van der Waals surface area contributed by atoms with Gasteiger partial charge in [0.2, 0.25) is 0 Å². The molecule has 114 valence electrons. The number of fused-ring (bicyclic) bond motifs is 1. The normalized spacial score (nSPS) is 32.4. The van der Waals surface area contributed by atoms with Crippen LogP contribution < -0.4 is 0 Å². The largest absolute Gasteiger partial charge is 0.481 e. The molecule has 10 nitrogen and oxygen atoms in total. The molecule has 2 fully saturated rings. The molecule has 0 amide bonds. The van der Waals surface area contributed by atoms with Gasteiger partial charge in [-0.05, 0) is 0 Å². The molecule has 4 atom stereocenters. The first-order valence-electron chi connectivity index (χ1n) is 5.96. The molecule has 0 radical (unpaired) electrons. The van der Waals surface area contributed by atoms with Crippen molar-refractivity contribution in [2.24, 2.45) is 0 Å². The predicted octanol–water partition coefficient (Wildman–Crippen LogP) is -1.06. The molecule has 20 heavy (non-hydrogen) atoms. The van der Waals surface area contributed by atoms with Gasteiger partial charge in [0.05, 0.1) is 31.4 Å². The lowest BCUT2D eigenvalue weighted by molar-refractivity contribution is -0.507. The van der Waals surface area contributed by atoms with Crippen LogP contribution in [0.2, 0.25) is 0 Å². The minimum atomic E-state index is -1.08. The summed E-state index contributed by atoms with van der Waals surface area (Å²) in [5.41, 5.74) is 0. The Balaban J connectivity index is 1.81. The standard InChI is InChI=1S/C10H15NO9/c12-7(13)1-2-8(14)19-5-3-17-10-6(20-11(15)16)4-18-9(5)10/h5-6,9-10,15-16H,1-4H2,(H,12,13)/t5-,6-,9-,10-/m1/s1. The number of carboxylic acid groups (broad SMARTS) is 1. The van der Waals surface area contributed by atoms with E-state index in [1.54, 1.807) is 0 Å². The quantitative estimate of drug-likeness (QED) is 0.410. The summed E-state index contributed by atoms with van der Waals surface area (Å²) in [5.74, 6) is -1.74. The molecule has 3 N–H and O–H groups in total. The lowest BCUT2D eigenvalue weighted by Crippen LogP contribution is -2.37. The van der Waals surface area contributed by atoms with Crippen molar-refractivity contribution in [1.82, 2.24) is 5.39 Å². The number of hydrogen-bond donors (Lipinski definition) is 3. The average Bonchev–Trinajstić information content (AvgIpc) is 2.91. The highest BCUT2D eigenvalue weighted by molar-refractivity contribution is 5.76. The zero-order chi connectivity index (χ0) is 14.7. The van der Waals surface area contributed by atoms with E-state index in [1.807, 2.05) is 0 Å². The number of carbonyl (C=O) groups excluding carboxylic acids is 1. The van der Waals surface area contributed by atoms with E-state index in [4.69, 9.17) is 29.7 Å². The first-order chi connectivity index (χ1) is 9.47. The molecule has 0 aromatic rings. The molecule has 10 heteroatoms. The van der Waals surface area contributed by atoms with Gasteiger partial charge >= 0.3 is 11.9 Å². The highest BCUT2D eigenvalue weighted by Gasteiger charge is 2.50. The SMILES string of the molecule is O=C(O)CCC(=O)O[C@@H]1CO[C@H]2[C@@H]1OC[C@H]2ON(O)O. The molecule has 0 spiro atoms. The van der Waals surface area contributed by atoms with Gasteiger partial charge in [-0.25, -0.2) is 4.84 Å². The second-order valence-corrected chi connectivity index (χ2v) is 4.41. The van der Waals surface area contributed by atoms with E-state index in [0.717, 1.165) is 0 Å². The van der Waals surface area contributed by atoms with Gasteiger partial charge in [0, 0.05) is 0 Å². The van der Waals surface area contributed by atoms with Gasteiger partial charge in [0.1, 0.15) is 18.3 Å². The molecule has 0 unspecified atom stereocenters. The van der Waals surface area contributed by atoms with Gasteiger partial charge in [-0.15, -0.1) is 0 Å². The molecule has 0 aromatic heterocycles. The van der Waals surface area contributed by atoms with Gasteiger partial charge in [-0.1, -0.05) is 0 Å². The molecular weight excluding hydrogens is 278 g/mol. The number of carboxylic acids is 1. The van der Waals surface area contributed by atoms with E-state index in [0.29, 0.717) is 0 Å². The zero-order valence-corrected chi connectivity index (χ0v) is 10.4. The van der Waals surface area contributed by atoms with Crippen LogP contribution in [0, 0.1) is 0 Å². The number of hydrogen-bond acceptors (Lipinski definition) is 9. The average molecular weight is 293 g/mol. The number of aliphatic carboxylic acids is 1. The van der Waals surface area contributed by atoms with Gasteiger partial charge in [-0.2, -0.15) is 0 Å². The van der Waals surface area contributed by atoms with Crippen molar-refractivity contribution in [3.05, 3.63) is 0 Å². The van der Waals surface area contributed by atoms with Crippen molar-refractivity contribution >= 4 is 11.9 Å². The topological polar surface area (TPSA) is 135 Å². The molecule has 0 bridgehead atoms. The molecule has 2 aliphatic heterocycles. The Morgan fingerprint density at radius 2 is 1.70 bits per heavy atom. The maximum absolute atomic E-state index is 11.4. The molecule has 0 aliphatic carbocycles. The Labute approximate surface area is 113 Å². The summed E-state index contributed by atoms with van der Waals surface area (Å²) in [6.07, 6.45) is -3.09. The van der Waals surface area contributed by atoms with Crippen LogP contribution in [0.1, 0.15) is 12.8 Å². The summed E-state index contributed by atoms with van der Waals surface area (Å²) >= 11 is 0. The van der Waals surface area contributed by atoms with Crippen molar-refractivity contribution in [3.63, 3.8) is 0 Å². The number of nitrogens with zero attached hydrogens (tertiary/aromatic N) is 1. The van der Waals surface area contributed by atoms with Crippen LogP contribution in [-0.4, -0.2) is 70.5 Å². The van der Waals surface area contributed by atoms with Crippen LogP contribution in [0.3, 0.4) is 0 Å². The van der Waals surface area contributed by atoms with E-state index in [9.17, 15) is 9.59 Å². The summed E-state index contributed by atoms with van der Waals surface area (Å²) in [6.45, 7) is 0.126. The lowest BCUT2D eigenvalue weighted by Gasteiger charge is -2.17. The first kappa shape index (κ1) is 15.1. The first-order valence-corrected chi connectivity index (χ1v) is 5.96. The number of ether oxygens (including phenoxy) is 3. The predicted molar refractivity (Wildman–Crippen MR) is 56.5 cm³/mol. The van der Waals surface area contributed by atoms with Gasteiger partial charge in [0.15, 0.2) is 6.10 Å². The Kier molecular flexibility index (Phi) is 4.86. The maximum atomic E-state index is 11.4. The lowest BCUT2D eigenvalue weighted by atomic mass is 10.1. The summed E-state index contributed by atoms with van der Waals surface area (Å²) < 4.78 is 15.8. The van der Waals surface area contributed by atoms with Crippen LogP contribution >= 0.6 is 0 Å².